The van der Waals surface area contributed by atoms with Crippen LogP contribution in [0.2, 0.25) is 0 Å². The van der Waals surface area contributed by atoms with Gasteiger partial charge in [0.2, 0.25) is 5.91 Å². The van der Waals surface area contributed by atoms with Gasteiger partial charge in [0.25, 0.3) is 0 Å². The maximum atomic E-state index is 11.2. The Morgan fingerprint density at radius 1 is 1.55 bits per heavy atom. The van der Waals surface area contributed by atoms with Gasteiger partial charge in [-0.05, 0) is 24.1 Å². The van der Waals surface area contributed by atoms with Gasteiger partial charge in [-0.2, -0.15) is 0 Å². The fourth-order valence-corrected chi connectivity index (χ4v) is 3.23. The van der Waals surface area contributed by atoms with Crippen molar-refractivity contribution in [2.75, 3.05) is 19.7 Å². The zero-order valence-corrected chi connectivity index (χ0v) is 13.3. The number of nitrogens with zero attached hydrogens (tertiary/aromatic N) is 1. The number of hydrogen-bond acceptors (Lipinski definition) is 3. The molecule has 110 valence electrons. The average molecular weight is 341 g/mol. The summed E-state index contributed by atoms with van der Waals surface area (Å²) in [4.78, 5) is 13.5. The highest BCUT2D eigenvalue weighted by molar-refractivity contribution is 9.10. The van der Waals surface area contributed by atoms with Crippen LogP contribution in [-0.4, -0.2) is 41.7 Å². The quantitative estimate of drug-likeness (QED) is 0.878. The normalized spacial score (nSPS) is 23.6. The second-order valence-electron chi connectivity index (χ2n) is 5.40. The number of amides is 1. The highest BCUT2D eigenvalue weighted by atomic mass is 79.9. The number of nitrogens with one attached hydrogen (secondary N) is 1. The van der Waals surface area contributed by atoms with Gasteiger partial charge in [-0.25, -0.2) is 0 Å². The van der Waals surface area contributed by atoms with Crippen LogP contribution in [0.15, 0.2) is 28.7 Å². The molecule has 0 radical (unpaired) electrons. The molecule has 0 bridgehead atoms. The molecule has 20 heavy (non-hydrogen) atoms. The third-order valence-corrected chi connectivity index (χ3v) is 4.23. The van der Waals surface area contributed by atoms with Gasteiger partial charge < -0.3 is 10.4 Å². The minimum absolute atomic E-state index is 0.0195. The number of carbonyl (C=O) groups excluding carboxylic acids is 1. The number of rotatable bonds is 4. The summed E-state index contributed by atoms with van der Waals surface area (Å²) in [6.07, 6.45) is 0.888. The molecule has 0 aliphatic carbocycles. The van der Waals surface area contributed by atoms with E-state index in [1.54, 1.807) is 0 Å². The Kier molecular flexibility index (Phi) is 5.57. The fourth-order valence-electron chi connectivity index (χ4n) is 2.78. The van der Waals surface area contributed by atoms with Crippen LogP contribution in [0.5, 0.6) is 0 Å². The van der Waals surface area contributed by atoms with Gasteiger partial charge in [0.1, 0.15) is 0 Å². The number of halogens is 1. The van der Waals surface area contributed by atoms with Crippen LogP contribution in [0.1, 0.15) is 18.9 Å². The van der Waals surface area contributed by atoms with Crippen molar-refractivity contribution < 1.29 is 9.90 Å². The molecule has 1 aromatic rings. The molecule has 2 rings (SSSR count). The summed E-state index contributed by atoms with van der Waals surface area (Å²) in [5.41, 5.74) is 1.26. The van der Waals surface area contributed by atoms with Crippen LogP contribution >= 0.6 is 15.9 Å². The van der Waals surface area contributed by atoms with Crippen molar-refractivity contribution in [3.63, 3.8) is 0 Å². The standard InChI is InChI=1S/C15H21BrN2O2/c1-11(20)17-15-5-6-18(9-13(15)10-19)8-12-3-2-4-14(16)7-12/h2-4,7,13,15,19H,5-6,8-10H2,1H3,(H,17,20)/t13-,15-/m1/s1. The molecule has 1 aliphatic heterocycles. The molecule has 5 heteroatoms. The third kappa shape index (κ3) is 4.30. The Balaban J connectivity index is 1.94. The summed E-state index contributed by atoms with van der Waals surface area (Å²) in [6.45, 7) is 4.27. The van der Waals surface area contributed by atoms with Gasteiger partial charge in [0.15, 0.2) is 0 Å². The smallest absolute Gasteiger partial charge is 0.217 e. The van der Waals surface area contributed by atoms with Crippen molar-refractivity contribution in [2.45, 2.75) is 25.9 Å². The SMILES string of the molecule is CC(=O)N[C@@H]1CCN(Cc2cccc(Br)c2)C[C@@H]1CO. The van der Waals surface area contributed by atoms with E-state index in [2.05, 4.69) is 38.3 Å². The summed E-state index contributed by atoms with van der Waals surface area (Å²) in [6, 6.07) is 8.37. The van der Waals surface area contributed by atoms with Crippen molar-refractivity contribution in [3.05, 3.63) is 34.3 Å². The first-order chi connectivity index (χ1) is 9.58. The lowest BCUT2D eigenvalue weighted by atomic mass is 9.92. The summed E-state index contributed by atoms with van der Waals surface area (Å²) in [7, 11) is 0. The van der Waals surface area contributed by atoms with Crippen molar-refractivity contribution in [1.82, 2.24) is 10.2 Å². The summed E-state index contributed by atoms with van der Waals surface area (Å²) < 4.78 is 1.09. The van der Waals surface area contributed by atoms with E-state index in [4.69, 9.17) is 0 Å². The molecular formula is C15H21BrN2O2. The number of piperidine rings is 1. The lowest BCUT2D eigenvalue weighted by Gasteiger charge is -2.38. The fraction of sp³-hybridized carbons (Fsp3) is 0.533. The van der Waals surface area contributed by atoms with Gasteiger partial charge in [0, 0.05) is 49.6 Å². The monoisotopic (exact) mass is 340 g/mol. The van der Waals surface area contributed by atoms with Crippen LogP contribution in [-0.2, 0) is 11.3 Å². The van der Waals surface area contributed by atoms with Gasteiger partial charge in [-0.3, -0.25) is 9.69 Å². The van der Waals surface area contributed by atoms with E-state index >= 15 is 0 Å². The van der Waals surface area contributed by atoms with Crippen molar-refractivity contribution >= 4 is 21.8 Å². The van der Waals surface area contributed by atoms with E-state index in [0.29, 0.717) is 0 Å². The molecule has 1 aromatic carbocycles. The number of benzene rings is 1. The molecule has 0 unspecified atom stereocenters. The molecule has 1 fully saturated rings. The summed E-state index contributed by atoms with van der Waals surface area (Å²) in [5, 5.41) is 12.5. The van der Waals surface area contributed by atoms with Gasteiger partial charge in [-0.1, -0.05) is 28.1 Å². The topological polar surface area (TPSA) is 52.6 Å². The summed E-state index contributed by atoms with van der Waals surface area (Å²) in [5.74, 6) is 0.0914. The molecule has 1 aliphatic rings. The van der Waals surface area contributed by atoms with E-state index in [1.807, 2.05) is 12.1 Å². The number of aliphatic hydroxyl groups is 1. The van der Waals surface area contributed by atoms with E-state index in [0.717, 1.165) is 30.5 Å². The Morgan fingerprint density at radius 2 is 2.35 bits per heavy atom. The number of likely N-dealkylation sites (tertiary alicyclic amines) is 1. The Morgan fingerprint density at radius 3 is 3.00 bits per heavy atom. The van der Waals surface area contributed by atoms with E-state index in [9.17, 15) is 9.90 Å². The van der Waals surface area contributed by atoms with Gasteiger partial charge in [-0.15, -0.1) is 0 Å². The van der Waals surface area contributed by atoms with Crippen LogP contribution < -0.4 is 5.32 Å². The lowest BCUT2D eigenvalue weighted by Crippen LogP contribution is -2.51. The second-order valence-corrected chi connectivity index (χ2v) is 6.32. The highest BCUT2D eigenvalue weighted by Crippen LogP contribution is 2.20. The van der Waals surface area contributed by atoms with Crippen LogP contribution in [0.25, 0.3) is 0 Å². The molecule has 2 atom stereocenters. The number of carbonyl (C=O) groups is 1. The predicted octanol–water partition coefficient (Wildman–Crippen LogP) is 1.77. The second kappa shape index (κ2) is 7.20. The first kappa shape index (κ1) is 15.5. The molecule has 1 heterocycles. The molecule has 1 amide bonds. The van der Waals surface area contributed by atoms with Crippen LogP contribution in [0.4, 0.5) is 0 Å². The maximum Gasteiger partial charge on any atom is 0.217 e. The van der Waals surface area contributed by atoms with E-state index < -0.39 is 0 Å². The van der Waals surface area contributed by atoms with Crippen LogP contribution in [0.3, 0.4) is 0 Å². The Hall–Kier alpha value is -0.910. The van der Waals surface area contributed by atoms with E-state index in [1.165, 1.54) is 12.5 Å². The third-order valence-electron chi connectivity index (χ3n) is 3.74. The predicted molar refractivity (Wildman–Crippen MR) is 82.2 cm³/mol. The zero-order chi connectivity index (χ0) is 14.5. The molecule has 4 nitrogen and oxygen atoms in total. The first-order valence-electron chi connectivity index (χ1n) is 6.93. The highest BCUT2D eigenvalue weighted by Gasteiger charge is 2.29. The Bertz CT molecular complexity index is 467. The number of aliphatic hydroxyl groups excluding tert-OH is 1. The Labute approximate surface area is 128 Å². The molecule has 1 saturated heterocycles. The van der Waals surface area contributed by atoms with Crippen molar-refractivity contribution in [1.29, 1.82) is 0 Å². The molecule has 0 aromatic heterocycles. The van der Waals surface area contributed by atoms with E-state index in [-0.39, 0.29) is 24.5 Å². The summed E-state index contributed by atoms with van der Waals surface area (Å²) >= 11 is 3.48. The van der Waals surface area contributed by atoms with Crippen molar-refractivity contribution in [3.8, 4) is 0 Å². The van der Waals surface area contributed by atoms with Gasteiger partial charge in [0.05, 0.1) is 0 Å². The molecular weight excluding hydrogens is 320 g/mol. The first-order valence-corrected chi connectivity index (χ1v) is 7.72. The molecule has 0 spiro atoms. The molecule has 0 saturated carbocycles. The largest absolute Gasteiger partial charge is 0.396 e. The zero-order valence-electron chi connectivity index (χ0n) is 11.7. The number of hydrogen-bond donors (Lipinski definition) is 2. The van der Waals surface area contributed by atoms with Gasteiger partial charge >= 0.3 is 0 Å². The molecule has 2 N–H and O–H groups in total. The lowest BCUT2D eigenvalue weighted by molar-refractivity contribution is -0.120. The minimum atomic E-state index is -0.0195. The average Bonchev–Trinajstić information content (AvgIpc) is 2.40. The maximum absolute atomic E-state index is 11.2. The van der Waals surface area contributed by atoms with Crippen LogP contribution in [0, 0.1) is 5.92 Å². The van der Waals surface area contributed by atoms with Crippen molar-refractivity contribution in [2.24, 2.45) is 5.92 Å². The minimum Gasteiger partial charge on any atom is -0.396 e.